The Morgan fingerprint density at radius 1 is 1.47 bits per heavy atom. The van der Waals surface area contributed by atoms with Gasteiger partial charge >= 0.3 is 5.97 Å². The lowest BCUT2D eigenvalue weighted by Crippen LogP contribution is -2.19. The van der Waals surface area contributed by atoms with Crippen molar-refractivity contribution in [2.24, 2.45) is 0 Å². The van der Waals surface area contributed by atoms with Gasteiger partial charge in [-0.25, -0.2) is 4.79 Å². The first kappa shape index (κ1) is 10.4. The van der Waals surface area contributed by atoms with Gasteiger partial charge in [0.2, 0.25) is 0 Å². The number of halogens is 1. The van der Waals surface area contributed by atoms with Gasteiger partial charge in [0.25, 0.3) is 0 Å². The van der Waals surface area contributed by atoms with Gasteiger partial charge in [-0.15, -0.1) is 0 Å². The number of fused-ring (bicyclic) bond motifs is 1. The summed E-state index contributed by atoms with van der Waals surface area (Å²) in [6, 6.07) is 3.08. The molecular weight excluding hydrogens is 311 g/mol. The zero-order valence-corrected chi connectivity index (χ0v) is 9.78. The number of carbonyl (C=O) groups is 2. The molecule has 1 N–H and O–H groups in total. The fraction of sp³-hybridized carbons (Fsp3) is 0.200. The van der Waals surface area contributed by atoms with Gasteiger partial charge < -0.3 is 9.84 Å². The van der Waals surface area contributed by atoms with E-state index in [2.05, 4.69) is 0 Å². The van der Waals surface area contributed by atoms with Crippen molar-refractivity contribution in [2.75, 3.05) is 6.61 Å². The van der Waals surface area contributed by atoms with Crippen molar-refractivity contribution in [3.05, 3.63) is 26.8 Å². The fourth-order valence-electron chi connectivity index (χ4n) is 1.51. The van der Waals surface area contributed by atoms with Gasteiger partial charge in [0, 0.05) is 9.99 Å². The van der Waals surface area contributed by atoms with E-state index in [-0.39, 0.29) is 23.7 Å². The summed E-state index contributed by atoms with van der Waals surface area (Å²) in [6.07, 6.45) is 0.312. The highest BCUT2D eigenvalue weighted by Crippen LogP contribution is 2.32. The standard InChI is InChI=1S/C10H7IO4/c11-6-2-1-5(10(13)14)9-8(6)7(12)3-4-15-9/h1-2H,3-4H2,(H,13,14). The number of carboxylic acids is 1. The maximum Gasteiger partial charge on any atom is 0.339 e. The van der Waals surface area contributed by atoms with Crippen LogP contribution < -0.4 is 4.74 Å². The molecule has 0 amide bonds. The van der Waals surface area contributed by atoms with Crippen LogP contribution in [0.4, 0.5) is 0 Å². The summed E-state index contributed by atoms with van der Waals surface area (Å²) >= 11 is 2.00. The van der Waals surface area contributed by atoms with E-state index in [0.717, 1.165) is 3.57 Å². The van der Waals surface area contributed by atoms with Crippen molar-refractivity contribution in [3.63, 3.8) is 0 Å². The molecule has 0 aromatic heterocycles. The number of Topliss-reactive ketones (excluding diaryl/α,β-unsaturated/α-hetero) is 1. The molecule has 0 spiro atoms. The number of ketones is 1. The number of hydrogen-bond acceptors (Lipinski definition) is 3. The molecule has 1 aromatic carbocycles. The molecule has 1 aliphatic rings. The van der Waals surface area contributed by atoms with Gasteiger partial charge in [-0.05, 0) is 34.7 Å². The Morgan fingerprint density at radius 2 is 2.20 bits per heavy atom. The number of ether oxygens (including phenoxy) is 1. The summed E-state index contributed by atoms with van der Waals surface area (Å²) in [5, 5.41) is 8.92. The highest BCUT2D eigenvalue weighted by molar-refractivity contribution is 14.1. The number of hydrogen-bond donors (Lipinski definition) is 1. The summed E-state index contributed by atoms with van der Waals surface area (Å²) in [6.45, 7) is 0.256. The molecule has 0 saturated heterocycles. The van der Waals surface area contributed by atoms with Gasteiger partial charge in [0.15, 0.2) is 5.78 Å². The lowest BCUT2D eigenvalue weighted by molar-refractivity contribution is 0.0691. The fourth-order valence-corrected chi connectivity index (χ4v) is 2.23. The van der Waals surface area contributed by atoms with Gasteiger partial charge in [0.05, 0.1) is 12.2 Å². The molecule has 0 atom stereocenters. The molecule has 1 heterocycles. The van der Waals surface area contributed by atoms with E-state index in [1.165, 1.54) is 6.07 Å². The minimum atomic E-state index is -1.07. The molecule has 4 nitrogen and oxygen atoms in total. The number of aromatic carboxylic acids is 1. The van der Waals surface area contributed by atoms with E-state index in [0.29, 0.717) is 12.0 Å². The van der Waals surface area contributed by atoms with Crippen LogP contribution in [-0.2, 0) is 0 Å². The molecule has 1 aromatic rings. The molecule has 0 saturated carbocycles. The third kappa shape index (κ3) is 1.71. The molecule has 15 heavy (non-hydrogen) atoms. The highest BCUT2D eigenvalue weighted by atomic mass is 127. The summed E-state index contributed by atoms with van der Waals surface area (Å²) in [5.74, 6) is -0.910. The highest BCUT2D eigenvalue weighted by Gasteiger charge is 2.26. The van der Waals surface area contributed by atoms with Crippen LogP contribution in [0.1, 0.15) is 27.1 Å². The van der Waals surface area contributed by atoms with Crippen LogP contribution >= 0.6 is 22.6 Å². The largest absolute Gasteiger partial charge is 0.491 e. The Morgan fingerprint density at radius 3 is 2.87 bits per heavy atom. The van der Waals surface area contributed by atoms with Crippen LogP contribution in [0.3, 0.4) is 0 Å². The number of benzene rings is 1. The van der Waals surface area contributed by atoms with Gasteiger partial charge in [-0.2, -0.15) is 0 Å². The molecule has 0 bridgehead atoms. The second-order valence-electron chi connectivity index (χ2n) is 3.13. The maximum atomic E-state index is 11.6. The third-order valence-corrected chi connectivity index (χ3v) is 3.09. The average molecular weight is 318 g/mol. The first-order chi connectivity index (χ1) is 7.11. The number of carboxylic acid groups (broad SMARTS) is 1. The van der Waals surface area contributed by atoms with Crippen molar-refractivity contribution >= 4 is 34.3 Å². The molecule has 1 aliphatic heterocycles. The Hall–Kier alpha value is -1.11. The first-order valence-corrected chi connectivity index (χ1v) is 5.41. The van der Waals surface area contributed by atoms with Crippen LogP contribution in [0.2, 0.25) is 0 Å². The topological polar surface area (TPSA) is 63.6 Å². The summed E-state index contributed by atoms with van der Waals surface area (Å²) in [7, 11) is 0. The second-order valence-corrected chi connectivity index (χ2v) is 4.29. The van der Waals surface area contributed by atoms with Crippen LogP contribution in [0.25, 0.3) is 0 Å². The maximum absolute atomic E-state index is 11.6. The van der Waals surface area contributed by atoms with E-state index in [1.807, 2.05) is 22.6 Å². The van der Waals surface area contributed by atoms with Crippen LogP contribution in [0.5, 0.6) is 5.75 Å². The Balaban J connectivity index is 2.69. The quantitative estimate of drug-likeness (QED) is 0.804. The van der Waals surface area contributed by atoms with E-state index < -0.39 is 5.97 Å². The molecule has 2 rings (SSSR count). The molecular formula is C10H7IO4. The second kappa shape index (κ2) is 3.80. The van der Waals surface area contributed by atoms with Crippen LogP contribution in [0, 0.1) is 3.57 Å². The van der Waals surface area contributed by atoms with Gasteiger partial charge in [-0.3, -0.25) is 4.79 Å². The van der Waals surface area contributed by atoms with Crippen molar-refractivity contribution in [2.45, 2.75) is 6.42 Å². The Kier molecular flexibility index (Phi) is 2.64. The van der Waals surface area contributed by atoms with Crippen LogP contribution in [-0.4, -0.2) is 23.5 Å². The van der Waals surface area contributed by atoms with Crippen LogP contribution in [0.15, 0.2) is 12.1 Å². The van der Waals surface area contributed by atoms with E-state index in [1.54, 1.807) is 6.07 Å². The minimum absolute atomic E-state index is 0.0521. The average Bonchev–Trinajstić information content (AvgIpc) is 2.17. The zero-order valence-electron chi connectivity index (χ0n) is 7.62. The summed E-state index contributed by atoms with van der Waals surface area (Å²) < 4.78 is 5.99. The van der Waals surface area contributed by atoms with E-state index in [9.17, 15) is 9.59 Å². The molecule has 0 unspecified atom stereocenters. The third-order valence-electron chi connectivity index (χ3n) is 2.19. The minimum Gasteiger partial charge on any atom is -0.491 e. The lowest BCUT2D eigenvalue weighted by Gasteiger charge is -2.19. The predicted molar refractivity (Wildman–Crippen MR) is 60.6 cm³/mol. The van der Waals surface area contributed by atoms with Crippen molar-refractivity contribution in [1.82, 2.24) is 0 Å². The van der Waals surface area contributed by atoms with E-state index in [4.69, 9.17) is 9.84 Å². The summed E-state index contributed by atoms with van der Waals surface area (Å²) in [5.41, 5.74) is 0.459. The first-order valence-electron chi connectivity index (χ1n) is 4.33. The number of rotatable bonds is 1. The molecule has 0 aliphatic carbocycles. The van der Waals surface area contributed by atoms with Gasteiger partial charge in [0.1, 0.15) is 11.3 Å². The molecule has 0 radical (unpaired) electrons. The lowest BCUT2D eigenvalue weighted by atomic mass is 10.0. The number of carbonyl (C=O) groups excluding carboxylic acids is 1. The Labute approximate surface area is 99.4 Å². The zero-order chi connectivity index (χ0) is 11.0. The van der Waals surface area contributed by atoms with E-state index >= 15 is 0 Å². The van der Waals surface area contributed by atoms with Crippen molar-refractivity contribution in [1.29, 1.82) is 0 Å². The Bertz CT molecular complexity index is 453. The summed E-state index contributed by atoms with van der Waals surface area (Å²) in [4.78, 5) is 22.5. The van der Waals surface area contributed by atoms with Crippen molar-refractivity contribution < 1.29 is 19.4 Å². The van der Waals surface area contributed by atoms with Gasteiger partial charge in [-0.1, -0.05) is 0 Å². The SMILES string of the molecule is O=C(O)c1ccc(I)c2c1OCCC2=O. The smallest absolute Gasteiger partial charge is 0.339 e. The monoisotopic (exact) mass is 318 g/mol. The molecule has 0 fully saturated rings. The molecule has 5 heteroatoms. The predicted octanol–water partition coefficient (Wildman–Crippen LogP) is 1.95. The molecule has 78 valence electrons. The van der Waals surface area contributed by atoms with Crippen molar-refractivity contribution in [3.8, 4) is 5.75 Å². The normalized spacial score (nSPS) is 14.3.